The van der Waals surface area contributed by atoms with Gasteiger partial charge in [0.15, 0.2) is 0 Å². The molecule has 0 atom stereocenters. The van der Waals surface area contributed by atoms with Gasteiger partial charge in [-0.15, -0.1) is 0 Å². The molecule has 4 nitrogen and oxygen atoms in total. The molecule has 0 bridgehead atoms. The van der Waals surface area contributed by atoms with Crippen LogP contribution in [-0.2, 0) is 21.2 Å². The first-order chi connectivity index (χ1) is 8.42. The Bertz CT molecular complexity index is 547. The van der Waals surface area contributed by atoms with E-state index in [0.717, 1.165) is 30.2 Å². The van der Waals surface area contributed by atoms with E-state index in [0.29, 0.717) is 0 Å². The van der Waals surface area contributed by atoms with Gasteiger partial charge in [-0.1, -0.05) is 37.6 Å². The molecule has 0 saturated carbocycles. The number of nitrogens with one attached hydrogen (secondary N) is 1. The number of benzene rings is 1. The van der Waals surface area contributed by atoms with Crippen LogP contribution < -0.4 is 4.72 Å². The molecule has 1 amide bonds. The third kappa shape index (κ3) is 5.14. The van der Waals surface area contributed by atoms with Crippen LogP contribution in [0.1, 0.15) is 24.5 Å². The van der Waals surface area contributed by atoms with Gasteiger partial charge in [-0.05, 0) is 23.6 Å². The summed E-state index contributed by atoms with van der Waals surface area (Å²) in [7, 11) is -3.50. The number of carbonyl (C=O) groups is 1. The number of hydrogen-bond acceptors (Lipinski definition) is 3. The summed E-state index contributed by atoms with van der Waals surface area (Å²) in [5, 5.41) is 0. The quantitative estimate of drug-likeness (QED) is 0.826. The number of hydrogen-bond donors (Lipinski definition) is 1. The van der Waals surface area contributed by atoms with E-state index in [-0.39, 0.29) is 0 Å². The van der Waals surface area contributed by atoms with Crippen molar-refractivity contribution < 1.29 is 13.2 Å². The van der Waals surface area contributed by atoms with Gasteiger partial charge in [0, 0.05) is 6.08 Å². The van der Waals surface area contributed by atoms with Crippen LogP contribution in [0.4, 0.5) is 0 Å². The average Bonchev–Trinajstić information content (AvgIpc) is 2.26. The summed E-state index contributed by atoms with van der Waals surface area (Å²) in [6.45, 7) is 2.08. The zero-order valence-corrected chi connectivity index (χ0v) is 11.3. The van der Waals surface area contributed by atoms with E-state index in [9.17, 15) is 13.2 Å². The molecule has 18 heavy (non-hydrogen) atoms. The third-order valence-electron chi connectivity index (χ3n) is 2.27. The molecule has 0 heterocycles. The Balaban J connectivity index is 2.81. The lowest BCUT2D eigenvalue weighted by Gasteiger charge is -2.03. The predicted octanol–water partition coefficient (Wildman–Crippen LogP) is 1.73. The fourth-order valence-corrected chi connectivity index (χ4v) is 2.01. The van der Waals surface area contributed by atoms with Crippen molar-refractivity contribution in [3.63, 3.8) is 0 Å². The van der Waals surface area contributed by atoms with Gasteiger partial charge < -0.3 is 0 Å². The Kier molecular flexibility index (Phi) is 5.09. The molecule has 0 aliphatic heterocycles. The van der Waals surface area contributed by atoms with Crippen molar-refractivity contribution in [3.8, 4) is 0 Å². The monoisotopic (exact) mass is 267 g/mol. The molecule has 0 fully saturated rings. The van der Waals surface area contributed by atoms with E-state index in [1.807, 2.05) is 29.0 Å². The van der Waals surface area contributed by atoms with Gasteiger partial charge in [-0.25, -0.2) is 13.1 Å². The molecular formula is C13H17NO3S. The molecule has 5 heteroatoms. The lowest BCUT2D eigenvalue weighted by molar-refractivity contribution is -0.114. The summed E-state index contributed by atoms with van der Waals surface area (Å²) in [6.07, 6.45) is 5.75. The molecule has 0 aliphatic carbocycles. The fourth-order valence-electron chi connectivity index (χ4n) is 1.58. The molecule has 0 aromatic heterocycles. The highest BCUT2D eigenvalue weighted by molar-refractivity contribution is 7.89. The maximum absolute atomic E-state index is 11.3. The molecular weight excluding hydrogens is 250 g/mol. The van der Waals surface area contributed by atoms with Gasteiger partial charge in [0.25, 0.3) is 5.91 Å². The second-order valence-electron chi connectivity index (χ2n) is 4.02. The molecule has 0 aliphatic rings. The number of sulfonamides is 1. The Hall–Kier alpha value is -1.62. The number of amides is 1. The number of rotatable bonds is 5. The van der Waals surface area contributed by atoms with E-state index in [1.165, 1.54) is 6.08 Å². The topological polar surface area (TPSA) is 63.2 Å². The maximum atomic E-state index is 11.3. The molecule has 98 valence electrons. The largest absolute Gasteiger partial charge is 0.269 e. The van der Waals surface area contributed by atoms with Gasteiger partial charge in [0.1, 0.15) is 0 Å². The highest BCUT2D eigenvalue weighted by atomic mass is 32.2. The molecule has 1 aromatic rings. The third-order valence-corrected chi connectivity index (χ3v) is 2.85. The Morgan fingerprint density at radius 1 is 1.33 bits per heavy atom. The van der Waals surface area contributed by atoms with Crippen LogP contribution in [0.15, 0.2) is 30.3 Å². The van der Waals surface area contributed by atoms with Crippen molar-refractivity contribution >= 4 is 22.0 Å². The lowest BCUT2D eigenvalue weighted by Crippen LogP contribution is -2.27. The summed E-state index contributed by atoms with van der Waals surface area (Å²) < 4.78 is 23.6. The predicted molar refractivity (Wildman–Crippen MR) is 72.5 cm³/mol. The Morgan fingerprint density at radius 3 is 2.61 bits per heavy atom. The zero-order valence-electron chi connectivity index (χ0n) is 10.5. The van der Waals surface area contributed by atoms with Crippen LogP contribution in [0, 0.1) is 0 Å². The molecule has 1 aromatic carbocycles. The van der Waals surface area contributed by atoms with Crippen molar-refractivity contribution in [1.82, 2.24) is 4.72 Å². The zero-order chi connectivity index (χ0) is 13.6. The lowest BCUT2D eigenvalue weighted by atomic mass is 10.0. The highest BCUT2D eigenvalue weighted by Gasteiger charge is 2.04. The van der Waals surface area contributed by atoms with Crippen molar-refractivity contribution in [2.75, 3.05) is 6.26 Å². The minimum atomic E-state index is -3.50. The molecule has 0 radical (unpaired) electrons. The SMILES string of the molecule is CCCc1ccccc1/C=C/C(=O)NS(C)(=O)=O. The van der Waals surface area contributed by atoms with Crippen LogP contribution >= 0.6 is 0 Å². The van der Waals surface area contributed by atoms with Crippen LogP contribution in [0.25, 0.3) is 6.08 Å². The van der Waals surface area contributed by atoms with Gasteiger partial charge in [-0.3, -0.25) is 4.79 Å². The summed E-state index contributed by atoms with van der Waals surface area (Å²) in [5.41, 5.74) is 2.08. The van der Waals surface area contributed by atoms with Crippen molar-refractivity contribution in [1.29, 1.82) is 0 Å². The van der Waals surface area contributed by atoms with E-state index in [4.69, 9.17) is 0 Å². The Morgan fingerprint density at radius 2 is 2.00 bits per heavy atom. The number of carbonyl (C=O) groups excluding carboxylic acids is 1. The van der Waals surface area contributed by atoms with E-state index < -0.39 is 15.9 Å². The second-order valence-corrected chi connectivity index (χ2v) is 5.77. The molecule has 1 N–H and O–H groups in total. The minimum Gasteiger partial charge on any atom is -0.269 e. The minimum absolute atomic E-state index is 0.635. The second kappa shape index (κ2) is 6.35. The van der Waals surface area contributed by atoms with Crippen LogP contribution in [0.2, 0.25) is 0 Å². The van der Waals surface area contributed by atoms with E-state index in [1.54, 1.807) is 6.08 Å². The molecule has 1 rings (SSSR count). The first-order valence-electron chi connectivity index (χ1n) is 5.70. The van der Waals surface area contributed by atoms with E-state index in [2.05, 4.69) is 6.92 Å². The van der Waals surface area contributed by atoms with Crippen LogP contribution in [0.5, 0.6) is 0 Å². The van der Waals surface area contributed by atoms with Crippen molar-refractivity contribution in [3.05, 3.63) is 41.5 Å². The molecule has 0 spiro atoms. The van der Waals surface area contributed by atoms with Crippen molar-refractivity contribution in [2.24, 2.45) is 0 Å². The number of aryl methyl sites for hydroxylation is 1. The summed E-state index contributed by atoms with van der Waals surface area (Å²) in [5.74, 6) is -0.635. The van der Waals surface area contributed by atoms with Crippen LogP contribution in [0.3, 0.4) is 0 Å². The van der Waals surface area contributed by atoms with Gasteiger partial charge in [-0.2, -0.15) is 0 Å². The fraction of sp³-hybridized carbons (Fsp3) is 0.308. The van der Waals surface area contributed by atoms with Gasteiger partial charge >= 0.3 is 0 Å². The van der Waals surface area contributed by atoms with Gasteiger partial charge in [0.2, 0.25) is 10.0 Å². The smallest absolute Gasteiger partial charge is 0.257 e. The van der Waals surface area contributed by atoms with E-state index >= 15 is 0 Å². The normalized spacial score (nSPS) is 11.7. The highest BCUT2D eigenvalue weighted by Crippen LogP contribution is 2.12. The first-order valence-corrected chi connectivity index (χ1v) is 7.59. The maximum Gasteiger partial charge on any atom is 0.257 e. The summed E-state index contributed by atoms with van der Waals surface area (Å²) in [6, 6.07) is 7.72. The van der Waals surface area contributed by atoms with Crippen molar-refractivity contribution in [2.45, 2.75) is 19.8 Å². The summed E-state index contributed by atoms with van der Waals surface area (Å²) >= 11 is 0. The standard InChI is InChI=1S/C13H17NO3S/c1-3-6-11-7-4-5-8-12(11)9-10-13(15)14-18(2,16)17/h4-5,7-10H,3,6H2,1-2H3,(H,14,15)/b10-9+. The van der Waals surface area contributed by atoms with Crippen LogP contribution in [-0.4, -0.2) is 20.6 Å². The molecule has 0 unspecified atom stereocenters. The molecule has 0 saturated heterocycles. The van der Waals surface area contributed by atoms with Gasteiger partial charge in [0.05, 0.1) is 6.26 Å². The summed E-state index contributed by atoms with van der Waals surface area (Å²) in [4.78, 5) is 11.3. The average molecular weight is 267 g/mol. The first kappa shape index (κ1) is 14.4. The Labute approximate surface area is 108 Å².